The van der Waals surface area contributed by atoms with Crippen LogP contribution >= 0.6 is 12.4 Å². The molecule has 0 unspecified atom stereocenters. The molecule has 1 aromatic carbocycles. The number of rotatable bonds is 5. The zero-order chi connectivity index (χ0) is 14.5. The van der Waals surface area contributed by atoms with Gasteiger partial charge in [0.15, 0.2) is 5.82 Å². The topological polar surface area (TPSA) is 106 Å². The summed E-state index contributed by atoms with van der Waals surface area (Å²) in [4.78, 5) is 15.7. The number of nitrogens with two attached hydrogens (primary N) is 1. The molecular weight excluding hydrogens is 294 g/mol. The number of nitrogens with zero attached hydrogens (tertiary/aromatic N) is 2. The van der Waals surface area contributed by atoms with E-state index in [0.717, 1.165) is 11.3 Å². The molecule has 1 heterocycles. The van der Waals surface area contributed by atoms with E-state index in [9.17, 15) is 4.79 Å². The third-order valence-corrected chi connectivity index (χ3v) is 2.72. The van der Waals surface area contributed by atoms with Crippen molar-refractivity contribution in [2.24, 2.45) is 5.73 Å². The van der Waals surface area contributed by atoms with E-state index in [1.165, 1.54) is 0 Å². The van der Waals surface area contributed by atoms with Crippen LogP contribution in [-0.4, -0.2) is 34.2 Å². The Balaban J connectivity index is 0.00000220. The van der Waals surface area contributed by atoms with Crippen molar-refractivity contribution in [2.75, 3.05) is 7.11 Å². The number of ether oxygens (including phenoxy) is 1. The molecule has 8 heteroatoms. The van der Waals surface area contributed by atoms with Gasteiger partial charge in [0.25, 0.3) is 0 Å². The Morgan fingerprint density at radius 1 is 1.43 bits per heavy atom. The van der Waals surface area contributed by atoms with Gasteiger partial charge in [0.2, 0.25) is 5.91 Å². The number of methoxy groups -OCH3 is 1. The molecular formula is C13H18ClN5O2. The highest BCUT2D eigenvalue weighted by Gasteiger charge is 2.09. The van der Waals surface area contributed by atoms with Crippen LogP contribution in [0.5, 0.6) is 5.75 Å². The highest BCUT2D eigenvalue weighted by molar-refractivity contribution is 5.85. The molecule has 0 saturated carbocycles. The number of hydrogen-bond acceptors (Lipinski definition) is 5. The zero-order valence-corrected chi connectivity index (χ0v) is 12.6. The Hall–Kier alpha value is -2.12. The fourth-order valence-corrected chi connectivity index (χ4v) is 1.58. The van der Waals surface area contributed by atoms with Gasteiger partial charge in [-0.15, -0.1) is 12.4 Å². The number of H-pyrrole nitrogens is 1. The average Bonchev–Trinajstić information content (AvgIpc) is 2.93. The van der Waals surface area contributed by atoms with E-state index >= 15 is 0 Å². The zero-order valence-electron chi connectivity index (χ0n) is 11.8. The van der Waals surface area contributed by atoms with Crippen LogP contribution in [0.1, 0.15) is 12.7 Å². The molecule has 2 rings (SSSR count). The Labute approximate surface area is 128 Å². The number of amides is 1. The highest BCUT2D eigenvalue weighted by Crippen LogP contribution is 2.18. The van der Waals surface area contributed by atoms with Crippen molar-refractivity contribution in [3.8, 4) is 17.1 Å². The average molecular weight is 312 g/mol. The van der Waals surface area contributed by atoms with Gasteiger partial charge in [0.05, 0.1) is 19.7 Å². The number of carbonyl (C=O) groups is 1. The fraction of sp³-hybridized carbons (Fsp3) is 0.308. The number of hydrogen-bond donors (Lipinski definition) is 3. The lowest BCUT2D eigenvalue weighted by Gasteiger charge is -2.04. The second kappa shape index (κ2) is 7.61. The van der Waals surface area contributed by atoms with Crippen LogP contribution in [0.2, 0.25) is 0 Å². The Morgan fingerprint density at radius 2 is 2.10 bits per heavy atom. The molecule has 1 amide bonds. The molecule has 1 atom stereocenters. The summed E-state index contributed by atoms with van der Waals surface area (Å²) in [5.74, 6) is 1.68. The van der Waals surface area contributed by atoms with Crippen LogP contribution in [0.15, 0.2) is 24.3 Å². The molecule has 0 aliphatic rings. The minimum Gasteiger partial charge on any atom is -0.497 e. The molecule has 21 heavy (non-hydrogen) atoms. The molecule has 0 aliphatic heterocycles. The van der Waals surface area contributed by atoms with Gasteiger partial charge in [-0.3, -0.25) is 9.89 Å². The lowest BCUT2D eigenvalue weighted by atomic mass is 10.2. The third kappa shape index (κ3) is 4.44. The molecule has 2 aromatic rings. The van der Waals surface area contributed by atoms with E-state index in [-0.39, 0.29) is 24.9 Å². The molecule has 7 nitrogen and oxygen atoms in total. The van der Waals surface area contributed by atoms with E-state index in [0.29, 0.717) is 11.6 Å². The standard InChI is InChI=1S/C13H17N5O2.ClH/c1-8(14)13(19)15-7-11-16-12(18-17-11)9-3-5-10(20-2)6-4-9;/h3-6,8H,7,14H2,1-2H3,(H,15,19)(H,16,17,18);1H/t8-;/m1./s1. The monoisotopic (exact) mass is 311 g/mol. The number of benzene rings is 1. The van der Waals surface area contributed by atoms with E-state index in [2.05, 4.69) is 20.5 Å². The number of nitrogens with one attached hydrogen (secondary N) is 2. The van der Waals surface area contributed by atoms with E-state index < -0.39 is 6.04 Å². The third-order valence-electron chi connectivity index (χ3n) is 2.72. The van der Waals surface area contributed by atoms with E-state index in [4.69, 9.17) is 10.5 Å². The minimum absolute atomic E-state index is 0. The summed E-state index contributed by atoms with van der Waals surface area (Å²) in [6, 6.07) is 6.87. The van der Waals surface area contributed by atoms with Crippen molar-refractivity contribution in [1.29, 1.82) is 0 Å². The smallest absolute Gasteiger partial charge is 0.237 e. The molecule has 0 saturated heterocycles. The molecule has 0 fully saturated rings. The van der Waals surface area contributed by atoms with Gasteiger partial charge < -0.3 is 15.8 Å². The second-order valence-corrected chi connectivity index (χ2v) is 4.34. The quantitative estimate of drug-likeness (QED) is 0.759. The molecule has 0 spiro atoms. The van der Waals surface area contributed by atoms with Crippen molar-refractivity contribution >= 4 is 18.3 Å². The van der Waals surface area contributed by atoms with Crippen LogP contribution in [0.3, 0.4) is 0 Å². The molecule has 0 radical (unpaired) electrons. The summed E-state index contributed by atoms with van der Waals surface area (Å²) in [5, 5.41) is 9.55. The van der Waals surface area contributed by atoms with Crippen LogP contribution < -0.4 is 15.8 Å². The number of aromatic nitrogens is 3. The van der Waals surface area contributed by atoms with Gasteiger partial charge in [-0.2, -0.15) is 5.10 Å². The summed E-state index contributed by atoms with van der Waals surface area (Å²) in [6.07, 6.45) is 0. The van der Waals surface area contributed by atoms with Crippen LogP contribution in [0.4, 0.5) is 0 Å². The second-order valence-electron chi connectivity index (χ2n) is 4.34. The van der Waals surface area contributed by atoms with Crippen molar-refractivity contribution in [3.05, 3.63) is 30.1 Å². The molecule has 0 aliphatic carbocycles. The predicted molar refractivity (Wildman–Crippen MR) is 81.1 cm³/mol. The first-order valence-electron chi connectivity index (χ1n) is 6.19. The van der Waals surface area contributed by atoms with Crippen molar-refractivity contribution < 1.29 is 9.53 Å². The van der Waals surface area contributed by atoms with Crippen LogP contribution in [0, 0.1) is 0 Å². The molecule has 0 bridgehead atoms. The summed E-state index contributed by atoms with van der Waals surface area (Å²) in [7, 11) is 1.61. The van der Waals surface area contributed by atoms with Crippen molar-refractivity contribution in [1.82, 2.24) is 20.5 Å². The minimum atomic E-state index is -0.543. The van der Waals surface area contributed by atoms with Gasteiger partial charge >= 0.3 is 0 Å². The van der Waals surface area contributed by atoms with Gasteiger partial charge in [-0.05, 0) is 31.2 Å². The van der Waals surface area contributed by atoms with Gasteiger partial charge in [0, 0.05) is 5.56 Å². The SMILES string of the molecule is COc1ccc(-c2n[nH]c(CNC(=O)[C@@H](C)N)n2)cc1.Cl. The maximum Gasteiger partial charge on any atom is 0.237 e. The first-order valence-corrected chi connectivity index (χ1v) is 6.19. The predicted octanol–water partition coefficient (Wildman–Crippen LogP) is 0.866. The van der Waals surface area contributed by atoms with E-state index in [1.807, 2.05) is 24.3 Å². The summed E-state index contributed by atoms with van der Waals surface area (Å²) < 4.78 is 5.09. The van der Waals surface area contributed by atoms with Gasteiger partial charge in [0.1, 0.15) is 11.6 Å². The number of halogens is 1. The summed E-state index contributed by atoms with van der Waals surface area (Å²) in [5.41, 5.74) is 6.32. The maximum absolute atomic E-state index is 11.4. The van der Waals surface area contributed by atoms with Crippen LogP contribution in [-0.2, 0) is 11.3 Å². The first kappa shape index (κ1) is 16.9. The van der Waals surface area contributed by atoms with E-state index in [1.54, 1.807) is 14.0 Å². The fourth-order valence-electron chi connectivity index (χ4n) is 1.58. The highest BCUT2D eigenvalue weighted by atomic mass is 35.5. The molecule has 4 N–H and O–H groups in total. The Morgan fingerprint density at radius 3 is 2.67 bits per heavy atom. The first-order chi connectivity index (χ1) is 9.60. The largest absolute Gasteiger partial charge is 0.497 e. The van der Waals surface area contributed by atoms with Crippen molar-refractivity contribution in [2.45, 2.75) is 19.5 Å². The Bertz CT molecular complexity index is 583. The van der Waals surface area contributed by atoms with Crippen LogP contribution in [0.25, 0.3) is 11.4 Å². The normalized spacial score (nSPS) is 11.4. The lowest BCUT2D eigenvalue weighted by molar-refractivity contribution is -0.122. The number of carbonyl (C=O) groups excluding carboxylic acids is 1. The van der Waals surface area contributed by atoms with Gasteiger partial charge in [-0.25, -0.2) is 4.98 Å². The lowest BCUT2D eigenvalue weighted by Crippen LogP contribution is -2.38. The maximum atomic E-state index is 11.4. The summed E-state index contributed by atoms with van der Waals surface area (Å²) >= 11 is 0. The van der Waals surface area contributed by atoms with Gasteiger partial charge in [-0.1, -0.05) is 0 Å². The molecule has 114 valence electrons. The molecule has 1 aromatic heterocycles. The van der Waals surface area contributed by atoms with Crippen molar-refractivity contribution in [3.63, 3.8) is 0 Å². The number of aromatic amines is 1. The Kier molecular flexibility index (Phi) is 6.13. The summed E-state index contributed by atoms with van der Waals surface area (Å²) in [6.45, 7) is 1.89.